The van der Waals surface area contributed by atoms with Crippen molar-refractivity contribution in [3.63, 3.8) is 0 Å². The zero-order valence-electron chi connectivity index (χ0n) is 6.79. The third kappa shape index (κ3) is 2.15. The summed E-state index contributed by atoms with van der Waals surface area (Å²) >= 11 is 0. The van der Waals surface area contributed by atoms with E-state index >= 15 is 0 Å². The zero-order chi connectivity index (χ0) is 8.27. The maximum absolute atomic E-state index is 11.2. The molecule has 0 aromatic heterocycles. The van der Waals surface area contributed by atoms with Gasteiger partial charge in [0.05, 0.1) is 0 Å². The van der Waals surface area contributed by atoms with Gasteiger partial charge in [0.2, 0.25) is 0 Å². The van der Waals surface area contributed by atoms with Crippen molar-refractivity contribution in [1.82, 2.24) is 0 Å². The van der Waals surface area contributed by atoms with Crippen LogP contribution in [0.5, 0.6) is 0 Å². The van der Waals surface area contributed by atoms with Crippen molar-refractivity contribution < 1.29 is 9.90 Å². The molecule has 1 rings (SSSR count). The van der Waals surface area contributed by atoms with Crippen molar-refractivity contribution in [3.8, 4) is 0 Å². The number of allylic oxidation sites excluding steroid dienone is 2. The molecule has 0 heterocycles. The second kappa shape index (κ2) is 3.67. The molecule has 0 amide bonds. The Morgan fingerprint density at radius 3 is 2.82 bits per heavy atom. The molecule has 0 fully saturated rings. The predicted molar refractivity (Wildman–Crippen MR) is 43.2 cm³/mol. The molecule has 0 bridgehead atoms. The van der Waals surface area contributed by atoms with Crippen molar-refractivity contribution >= 4 is 5.78 Å². The van der Waals surface area contributed by atoms with Crippen LogP contribution < -0.4 is 0 Å². The molecular weight excluding hydrogens is 140 g/mol. The molecule has 0 saturated heterocycles. The lowest BCUT2D eigenvalue weighted by atomic mass is 9.89. The van der Waals surface area contributed by atoms with Gasteiger partial charge in [0.1, 0.15) is 6.10 Å². The average molecular weight is 154 g/mol. The molecule has 62 valence electrons. The molecule has 0 aromatic carbocycles. The van der Waals surface area contributed by atoms with Crippen molar-refractivity contribution in [2.75, 3.05) is 0 Å². The van der Waals surface area contributed by atoms with Crippen molar-refractivity contribution in [1.29, 1.82) is 0 Å². The van der Waals surface area contributed by atoms with E-state index in [1.54, 1.807) is 6.92 Å². The summed E-state index contributed by atoms with van der Waals surface area (Å²) in [5.74, 6) is 0.0642. The SMILES string of the molecule is C[C@H](O)C(=O)[C@@H]1CC=CCC1. The Morgan fingerprint density at radius 2 is 2.36 bits per heavy atom. The van der Waals surface area contributed by atoms with Crippen LogP contribution in [0.25, 0.3) is 0 Å². The van der Waals surface area contributed by atoms with Crippen molar-refractivity contribution in [2.45, 2.75) is 32.3 Å². The van der Waals surface area contributed by atoms with Gasteiger partial charge in [-0.3, -0.25) is 4.79 Å². The van der Waals surface area contributed by atoms with Gasteiger partial charge >= 0.3 is 0 Å². The van der Waals surface area contributed by atoms with E-state index in [0.717, 1.165) is 19.3 Å². The largest absolute Gasteiger partial charge is 0.386 e. The molecule has 0 aromatic rings. The Bertz CT molecular complexity index is 170. The van der Waals surface area contributed by atoms with Crippen molar-refractivity contribution in [3.05, 3.63) is 12.2 Å². The highest BCUT2D eigenvalue weighted by atomic mass is 16.3. The molecule has 1 aliphatic carbocycles. The van der Waals surface area contributed by atoms with Gasteiger partial charge in [-0.25, -0.2) is 0 Å². The number of carbonyl (C=O) groups is 1. The number of hydrogen-bond acceptors (Lipinski definition) is 2. The molecule has 2 nitrogen and oxygen atoms in total. The molecule has 11 heavy (non-hydrogen) atoms. The second-order valence-corrected chi connectivity index (χ2v) is 3.06. The van der Waals surface area contributed by atoms with Gasteiger partial charge in [-0.2, -0.15) is 0 Å². The van der Waals surface area contributed by atoms with Crippen LogP contribution in [-0.2, 0) is 4.79 Å². The van der Waals surface area contributed by atoms with Crippen LogP contribution in [-0.4, -0.2) is 17.0 Å². The molecule has 0 saturated carbocycles. The minimum Gasteiger partial charge on any atom is -0.386 e. The number of aliphatic hydroxyl groups excluding tert-OH is 1. The van der Waals surface area contributed by atoms with Crippen LogP contribution in [0.2, 0.25) is 0 Å². The van der Waals surface area contributed by atoms with Gasteiger partial charge in [0.15, 0.2) is 5.78 Å². The number of hydrogen-bond donors (Lipinski definition) is 1. The standard InChI is InChI=1S/C9H14O2/c1-7(10)9(11)8-5-3-2-4-6-8/h2-3,7-8,10H,4-6H2,1H3/t7-,8+/m0/s1. The summed E-state index contributed by atoms with van der Waals surface area (Å²) in [4.78, 5) is 11.2. The summed E-state index contributed by atoms with van der Waals surface area (Å²) in [5, 5.41) is 9.00. The lowest BCUT2D eigenvalue weighted by Gasteiger charge is -2.17. The van der Waals surface area contributed by atoms with E-state index in [1.807, 2.05) is 6.08 Å². The first kappa shape index (κ1) is 8.47. The van der Waals surface area contributed by atoms with Crippen LogP contribution in [0.15, 0.2) is 12.2 Å². The minimum atomic E-state index is -0.786. The second-order valence-electron chi connectivity index (χ2n) is 3.06. The lowest BCUT2D eigenvalue weighted by molar-refractivity contribution is -0.130. The van der Waals surface area contributed by atoms with Gasteiger partial charge in [-0.05, 0) is 26.2 Å². The Labute approximate surface area is 66.9 Å². The van der Waals surface area contributed by atoms with Gasteiger partial charge in [0, 0.05) is 5.92 Å². The first-order chi connectivity index (χ1) is 5.22. The first-order valence-electron chi connectivity index (χ1n) is 4.08. The topological polar surface area (TPSA) is 37.3 Å². The van der Waals surface area contributed by atoms with E-state index in [-0.39, 0.29) is 11.7 Å². The van der Waals surface area contributed by atoms with E-state index in [2.05, 4.69) is 6.08 Å². The summed E-state index contributed by atoms with van der Waals surface area (Å²) in [6.07, 6.45) is 6.01. The minimum absolute atomic E-state index is 0.00523. The molecule has 0 unspecified atom stereocenters. The summed E-state index contributed by atoms with van der Waals surface area (Å²) in [6.45, 7) is 1.54. The van der Waals surface area contributed by atoms with E-state index in [1.165, 1.54) is 0 Å². The van der Waals surface area contributed by atoms with E-state index < -0.39 is 6.10 Å². The Kier molecular flexibility index (Phi) is 2.83. The van der Waals surface area contributed by atoms with E-state index in [9.17, 15) is 4.79 Å². The number of Topliss-reactive ketones (excluding diaryl/α,β-unsaturated/α-hetero) is 1. The monoisotopic (exact) mass is 154 g/mol. The third-order valence-electron chi connectivity index (χ3n) is 2.08. The highest BCUT2D eigenvalue weighted by molar-refractivity contribution is 5.85. The Balaban J connectivity index is 2.47. The fourth-order valence-electron chi connectivity index (χ4n) is 1.39. The van der Waals surface area contributed by atoms with E-state index in [4.69, 9.17) is 5.11 Å². The molecule has 2 atom stereocenters. The van der Waals surface area contributed by atoms with Crippen LogP contribution in [0.4, 0.5) is 0 Å². The van der Waals surface area contributed by atoms with Crippen LogP contribution in [0, 0.1) is 5.92 Å². The fourth-order valence-corrected chi connectivity index (χ4v) is 1.39. The van der Waals surface area contributed by atoms with Gasteiger partial charge in [0.25, 0.3) is 0 Å². The fraction of sp³-hybridized carbons (Fsp3) is 0.667. The highest BCUT2D eigenvalue weighted by Crippen LogP contribution is 2.19. The predicted octanol–water partition coefficient (Wildman–Crippen LogP) is 1.29. The molecule has 0 spiro atoms. The maximum Gasteiger partial charge on any atom is 0.164 e. The number of rotatable bonds is 2. The summed E-state index contributed by atoms with van der Waals surface area (Å²) in [6, 6.07) is 0. The van der Waals surface area contributed by atoms with Gasteiger partial charge < -0.3 is 5.11 Å². The first-order valence-corrected chi connectivity index (χ1v) is 4.08. The Hall–Kier alpha value is -0.630. The number of ketones is 1. The normalized spacial score (nSPS) is 26.5. The number of carbonyl (C=O) groups excluding carboxylic acids is 1. The molecule has 0 radical (unpaired) electrons. The van der Waals surface area contributed by atoms with Gasteiger partial charge in [-0.1, -0.05) is 12.2 Å². The quantitative estimate of drug-likeness (QED) is 0.608. The molecular formula is C9H14O2. The van der Waals surface area contributed by atoms with Crippen LogP contribution >= 0.6 is 0 Å². The highest BCUT2D eigenvalue weighted by Gasteiger charge is 2.21. The smallest absolute Gasteiger partial charge is 0.164 e. The summed E-state index contributed by atoms with van der Waals surface area (Å²) in [7, 11) is 0. The van der Waals surface area contributed by atoms with E-state index in [0.29, 0.717) is 0 Å². The van der Waals surface area contributed by atoms with Crippen LogP contribution in [0.1, 0.15) is 26.2 Å². The zero-order valence-corrected chi connectivity index (χ0v) is 6.79. The summed E-state index contributed by atoms with van der Waals surface area (Å²) < 4.78 is 0. The molecule has 0 aliphatic heterocycles. The summed E-state index contributed by atoms with van der Waals surface area (Å²) in [5.41, 5.74) is 0. The van der Waals surface area contributed by atoms with Gasteiger partial charge in [-0.15, -0.1) is 0 Å². The van der Waals surface area contributed by atoms with Crippen molar-refractivity contribution in [2.24, 2.45) is 5.92 Å². The Morgan fingerprint density at radius 1 is 1.64 bits per heavy atom. The lowest BCUT2D eigenvalue weighted by Crippen LogP contribution is -2.26. The number of aliphatic hydroxyl groups is 1. The van der Waals surface area contributed by atoms with Crippen LogP contribution in [0.3, 0.4) is 0 Å². The maximum atomic E-state index is 11.2. The molecule has 2 heteroatoms. The third-order valence-corrected chi connectivity index (χ3v) is 2.08. The average Bonchev–Trinajstić information content (AvgIpc) is 2.05. The molecule has 1 N–H and O–H groups in total. The molecule has 1 aliphatic rings.